The summed E-state index contributed by atoms with van der Waals surface area (Å²) < 4.78 is 32.4. The second kappa shape index (κ2) is 9.02. The quantitative estimate of drug-likeness (QED) is 0.683. The first-order valence-corrected chi connectivity index (χ1v) is 10.6. The van der Waals surface area contributed by atoms with Crippen LogP contribution in [0, 0.1) is 6.92 Å². The zero-order valence-electron chi connectivity index (χ0n) is 14.1. The van der Waals surface area contributed by atoms with Gasteiger partial charge in [0, 0.05) is 6.07 Å². The Morgan fingerprint density at radius 2 is 2.04 bits per heavy atom. The number of aryl methyl sites for hydroxylation is 1. The molecule has 0 fully saturated rings. The van der Waals surface area contributed by atoms with E-state index in [9.17, 15) is 13.2 Å². The van der Waals surface area contributed by atoms with Crippen LogP contribution >= 0.6 is 11.8 Å². The van der Waals surface area contributed by atoms with E-state index in [2.05, 4.69) is 15.2 Å². The van der Waals surface area contributed by atoms with Crippen molar-refractivity contribution in [3.63, 3.8) is 0 Å². The predicted molar refractivity (Wildman–Crippen MR) is 96.6 cm³/mol. The number of rotatable bonds is 9. The second-order valence-corrected chi connectivity index (χ2v) is 8.12. The van der Waals surface area contributed by atoms with Gasteiger partial charge in [-0.3, -0.25) is 4.79 Å². The number of aromatic nitrogens is 1. The molecule has 1 heterocycles. The van der Waals surface area contributed by atoms with Gasteiger partial charge in [0.25, 0.3) is 0 Å². The summed E-state index contributed by atoms with van der Waals surface area (Å²) in [6.45, 7) is 1.94. The van der Waals surface area contributed by atoms with Crippen LogP contribution in [0.3, 0.4) is 0 Å². The van der Waals surface area contributed by atoms with Crippen LogP contribution in [0.25, 0.3) is 0 Å². The highest BCUT2D eigenvalue weighted by molar-refractivity contribution is 7.98. The summed E-state index contributed by atoms with van der Waals surface area (Å²) in [7, 11) is -3.77. The number of sulfonamides is 1. The average Bonchev–Trinajstić information content (AvgIpc) is 3.02. The SMILES string of the molecule is CSCCC(NS(=O)(=O)c1ccccc1)C(=O)NCc1cc(C)no1. The van der Waals surface area contributed by atoms with Gasteiger partial charge in [-0.05, 0) is 37.5 Å². The van der Waals surface area contributed by atoms with Gasteiger partial charge in [-0.2, -0.15) is 16.5 Å². The molecular weight excluding hydrogens is 362 g/mol. The Hall–Kier alpha value is -1.84. The minimum absolute atomic E-state index is 0.128. The zero-order chi connectivity index (χ0) is 18.3. The molecule has 0 spiro atoms. The first-order valence-electron chi connectivity index (χ1n) is 7.68. The Kier molecular flexibility index (Phi) is 7.03. The third kappa shape index (κ3) is 5.87. The maximum absolute atomic E-state index is 12.5. The molecule has 7 nitrogen and oxygen atoms in total. The smallest absolute Gasteiger partial charge is 0.241 e. The maximum Gasteiger partial charge on any atom is 0.241 e. The van der Waals surface area contributed by atoms with Gasteiger partial charge in [0.15, 0.2) is 5.76 Å². The van der Waals surface area contributed by atoms with E-state index in [1.165, 1.54) is 12.1 Å². The molecule has 1 amide bonds. The van der Waals surface area contributed by atoms with Crippen molar-refractivity contribution in [1.82, 2.24) is 15.2 Å². The average molecular weight is 383 g/mol. The molecule has 1 unspecified atom stereocenters. The van der Waals surface area contributed by atoms with Gasteiger partial charge in [-0.15, -0.1) is 0 Å². The number of carbonyl (C=O) groups excluding carboxylic acids is 1. The van der Waals surface area contributed by atoms with Gasteiger partial charge < -0.3 is 9.84 Å². The minimum Gasteiger partial charge on any atom is -0.359 e. The van der Waals surface area contributed by atoms with E-state index < -0.39 is 22.0 Å². The maximum atomic E-state index is 12.5. The fraction of sp³-hybridized carbons (Fsp3) is 0.375. The number of amides is 1. The Morgan fingerprint density at radius 3 is 2.64 bits per heavy atom. The van der Waals surface area contributed by atoms with Crippen LogP contribution in [0.4, 0.5) is 0 Å². The van der Waals surface area contributed by atoms with E-state index in [1.807, 2.05) is 6.26 Å². The van der Waals surface area contributed by atoms with Crippen molar-refractivity contribution in [2.45, 2.75) is 30.8 Å². The molecule has 136 valence electrons. The molecular formula is C16H21N3O4S2. The molecule has 1 atom stereocenters. The monoisotopic (exact) mass is 383 g/mol. The molecule has 0 radical (unpaired) electrons. The number of hydrogen-bond donors (Lipinski definition) is 2. The first-order chi connectivity index (χ1) is 11.9. The van der Waals surface area contributed by atoms with E-state index in [0.717, 1.165) is 0 Å². The number of nitrogens with zero attached hydrogens (tertiary/aromatic N) is 1. The van der Waals surface area contributed by atoms with E-state index in [0.29, 0.717) is 23.6 Å². The lowest BCUT2D eigenvalue weighted by Crippen LogP contribution is -2.46. The molecule has 9 heteroatoms. The first kappa shape index (κ1) is 19.5. The highest BCUT2D eigenvalue weighted by Gasteiger charge is 2.25. The van der Waals surface area contributed by atoms with E-state index >= 15 is 0 Å². The van der Waals surface area contributed by atoms with Gasteiger partial charge >= 0.3 is 0 Å². The summed E-state index contributed by atoms with van der Waals surface area (Å²) in [5.41, 5.74) is 0.716. The van der Waals surface area contributed by atoms with Crippen molar-refractivity contribution in [1.29, 1.82) is 0 Å². The van der Waals surface area contributed by atoms with Gasteiger partial charge in [0.05, 0.1) is 17.1 Å². The summed E-state index contributed by atoms with van der Waals surface area (Å²) in [5.74, 6) is 0.763. The Labute approximate surface area is 151 Å². The Balaban J connectivity index is 2.05. The molecule has 0 aliphatic heterocycles. The van der Waals surface area contributed by atoms with Gasteiger partial charge in [-0.1, -0.05) is 23.4 Å². The van der Waals surface area contributed by atoms with E-state index in [-0.39, 0.29) is 11.4 Å². The van der Waals surface area contributed by atoms with E-state index in [1.54, 1.807) is 43.0 Å². The number of hydrogen-bond acceptors (Lipinski definition) is 6. The van der Waals surface area contributed by atoms with Crippen molar-refractivity contribution in [3.05, 3.63) is 47.9 Å². The molecule has 0 aliphatic carbocycles. The van der Waals surface area contributed by atoms with E-state index in [4.69, 9.17) is 4.52 Å². The largest absolute Gasteiger partial charge is 0.359 e. The normalized spacial score (nSPS) is 12.7. The number of carbonyl (C=O) groups is 1. The van der Waals surface area contributed by atoms with Gasteiger partial charge in [0.1, 0.15) is 6.04 Å². The molecule has 1 aromatic heterocycles. The topological polar surface area (TPSA) is 101 Å². The summed E-state index contributed by atoms with van der Waals surface area (Å²) in [5, 5.41) is 6.43. The number of thioether (sulfide) groups is 1. The third-order valence-electron chi connectivity index (χ3n) is 3.39. The van der Waals surface area contributed by atoms with Crippen molar-refractivity contribution in [3.8, 4) is 0 Å². The fourth-order valence-corrected chi connectivity index (χ4v) is 3.85. The summed E-state index contributed by atoms with van der Waals surface area (Å²) in [6.07, 6.45) is 2.28. The lowest BCUT2D eigenvalue weighted by atomic mass is 10.2. The Morgan fingerprint density at radius 1 is 1.32 bits per heavy atom. The number of nitrogens with one attached hydrogen (secondary N) is 2. The van der Waals surface area contributed by atoms with Crippen LogP contribution in [0.1, 0.15) is 17.9 Å². The lowest BCUT2D eigenvalue weighted by molar-refractivity contribution is -0.123. The molecule has 0 aliphatic rings. The van der Waals surface area contributed by atoms with Crippen molar-refractivity contribution in [2.75, 3.05) is 12.0 Å². The third-order valence-corrected chi connectivity index (χ3v) is 5.52. The van der Waals surface area contributed by atoms with Crippen LogP contribution in [0.2, 0.25) is 0 Å². The standard InChI is InChI=1S/C16H21N3O4S2/c1-12-10-13(23-18-12)11-17-16(20)15(8-9-24-2)19-25(21,22)14-6-4-3-5-7-14/h3-7,10,15,19H,8-9,11H2,1-2H3,(H,17,20). The lowest BCUT2D eigenvalue weighted by Gasteiger charge is -2.18. The molecule has 2 rings (SSSR count). The van der Waals surface area contributed by atoms with Crippen molar-refractivity contribution < 1.29 is 17.7 Å². The second-order valence-electron chi connectivity index (χ2n) is 5.42. The van der Waals surface area contributed by atoms with Crippen LogP contribution in [0.15, 0.2) is 45.8 Å². The molecule has 0 saturated heterocycles. The molecule has 0 saturated carbocycles. The van der Waals surface area contributed by atoms with Gasteiger partial charge in [-0.25, -0.2) is 8.42 Å². The zero-order valence-corrected chi connectivity index (χ0v) is 15.7. The van der Waals surface area contributed by atoms with Crippen LogP contribution in [0.5, 0.6) is 0 Å². The fourth-order valence-electron chi connectivity index (χ4n) is 2.13. The highest BCUT2D eigenvalue weighted by Crippen LogP contribution is 2.11. The highest BCUT2D eigenvalue weighted by atomic mass is 32.2. The number of benzene rings is 1. The molecule has 2 N–H and O–H groups in total. The van der Waals surface area contributed by atoms with Crippen LogP contribution < -0.4 is 10.0 Å². The summed E-state index contributed by atoms with van der Waals surface area (Å²) >= 11 is 1.54. The predicted octanol–water partition coefficient (Wildman–Crippen LogP) is 1.70. The van der Waals surface area contributed by atoms with Gasteiger partial charge in [0.2, 0.25) is 15.9 Å². The molecule has 0 bridgehead atoms. The Bertz CT molecular complexity index is 791. The van der Waals surface area contributed by atoms with Crippen molar-refractivity contribution >= 4 is 27.7 Å². The van der Waals surface area contributed by atoms with Crippen LogP contribution in [-0.2, 0) is 21.4 Å². The molecule has 2 aromatic rings. The summed E-state index contributed by atoms with van der Waals surface area (Å²) in [6, 6.07) is 8.84. The molecule has 1 aromatic carbocycles. The minimum atomic E-state index is -3.77. The summed E-state index contributed by atoms with van der Waals surface area (Å²) in [4.78, 5) is 12.6. The molecule has 25 heavy (non-hydrogen) atoms. The van der Waals surface area contributed by atoms with Crippen molar-refractivity contribution in [2.24, 2.45) is 0 Å². The van der Waals surface area contributed by atoms with Crippen LogP contribution in [-0.4, -0.2) is 37.5 Å².